The van der Waals surface area contributed by atoms with Crippen molar-refractivity contribution in [2.45, 2.75) is 51.4 Å². The Kier molecular flexibility index (Phi) is 6.72. The molecule has 2 heterocycles. The minimum atomic E-state index is -0.143. The van der Waals surface area contributed by atoms with Crippen LogP contribution in [-0.4, -0.2) is 33.8 Å². The standard InChI is InChI=1S/C26H28Cl2N4O/c27-19-13-14-23(22(28)17-19)32-25-20-11-5-4-9-18(20)10-8-12-21(25)24(29-32)26(33)30-31-15-6-2-1-3-7-16-31/h4-5,9,11,13-14,17H,1-3,6-8,10,12,15-16H2,(H,30,33). The van der Waals surface area contributed by atoms with Crippen molar-refractivity contribution in [3.05, 3.63) is 69.3 Å². The van der Waals surface area contributed by atoms with E-state index in [9.17, 15) is 4.79 Å². The molecule has 0 spiro atoms. The summed E-state index contributed by atoms with van der Waals surface area (Å²) in [7, 11) is 0. The minimum absolute atomic E-state index is 0.143. The highest BCUT2D eigenvalue weighted by molar-refractivity contribution is 6.35. The quantitative estimate of drug-likeness (QED) is 0.480. The van der Waals surface area contributed by atoms with Crippen LogP contribution in [0.3, 0.4) is 0 Å². The van der Waals surface area contributed by atoms with Gasteiger partial charge in [-0.05, 0) is 55.9 Å². The fourth-order valence-corrected chi connectivity index (χ4v) is 5.44. The van der Waals surface area contributed by atoms with Gasteiger partial charge in [-0.25, -0.2) is 9.69 Å². The summed E-state index contributed by atoms with van der Waals surface area (Å²) in [6.45, 7) is 1.75. The second-order valence-corrected chi connectivity index (χ2v) is 9.73. The van der Waals surface area contributed by atoms with Gasteiger partial charge >= 0.3 is 0 Å². The van der Waals surface area contributed by atoms with Crippen molar-refractivity contribution >= 4 is 29.1 Å². The van der Waals surface area contributed by atoms with Crippen LogP contribution in [0.15, 0.2) is 42.5 Å². The topological polar surface area (TPSA) is 50.2 Å². The number of carbonyl (C=O) groups excluding carboxylic acids is 1. The Morgan fingerprint density at radius 3 is 2.45 bits per heavy atom. The van der Waals surface area contributed by atoms with Crippen LogP contribution in [0.5, 0.6) is 0 Å². The zero-order valence-electron chi connectivity index (χ0n) is 18.6. The third-order valence-electron chi connectivity index (χ3n) is 6.60. The van der Waals surface area contributed by atoms with Crippen molar-refractivity contribution in [3.63, 3.8) is 0 Å². The molecule has 5 nitrogen and oxygen atoms in total. The van der Waals surface area contributed by atoms with Crippen molar-refractivity contribution in [1.82, 2.24) is 20.2 Å². The molecular formula is C26H28Cl2N4O. The number of hydrogen-bond donors (Lipinski definition) is 1. The molecule has 5 rings (SSSR count). The number of nitrogens with zero attached hydrogens (tertiary/aromatic N) is 3. The number of hydrogen-bond acceptors (Lipinski definition) is 3. The summed E-state index contributed by atoms with van der Waals surface area (Å²) in [4.78, 5) is 13.5. The molecule has 0 radical (unpaired) electrons. The van der Waals surface area contributed by atoms with E-state index in [1.807, 2.05) is 16.8 Å². The summed E-state index contributed by atoms with van der Waals surface area (Å²) >= 11 is 12.8. The Morgan fingerprint density at radius 2 is 1.67 bits per heavy atom. The summed E-state index contributed by atoms with van der Waals surface area (Å²) in [6, 6.07) is 13.8. The Balaban J connectivity index is 1.60. The fraction of sp³-hybridized carbons (Fsp3) is 0.385. The van der Waals surface area contributed by atoms with E-state index in [0.717, 1.165) is 67.7 Å². The number of fused-ring (bicyclic) bond motifs is 3. The first-order chi connectivity index (χ1) is 16.1. The number of nitrogens with one attached hydrogen (secondary N) is 1. The summed E-state index contributed by atoms with van der Waals surface area (Å²) in [5.74, 6) is -0.143. The van der Waals surface area contributed by atoms with Gasteiger partial charge in [-0.3, -0.25) is 10.2 Å². The number of aryl methyl sites for hydroxylation is 1. The number of rotatable bonds is 3. The molecule has 7 heteroatoms. The van der Waals surface area contributed by atoms with E-state index in [-0.39, 0.29) is 5.91 Å². The lowest BCUT2D eigenvalue weighted by Crippen LogP contribution is -2.44. The summed E-state index contributed by atoms with van der Waals surface area (Å²) in [5.41, 5.74) is 8.65. The SMILES string of the molecule is O=C(NN1CCCCCCC1)c1nn(-c2ccc(Cl)cc2Cl)c2c1CCCc1ccccc1-2. The smallest absolute Gasteiger partial charge is 0.283 e. The molecule has 1 fully saturated rings. The van der Waals surface area contributed by atoms with E-state index in [4.69, 9.17) is 28.3 Å². The Morgan fingerprint density at radius 1 is 0.909 bits per heavy atom. The van der Waals surface area contributed by atoms with E-state index in [0.29, 0.717) is 15.7 Å². The lowest BCUT2D eigenvalue weighted by Gasteiger charge is -2.24. The van der Waals surface area contributed by atoms with Crippen LogP contribution in [0.1, 0.15) is 60.1 Å². The van der Waals surface area contributed by atoms with E-state index < -0.39 is 0 Å². The number of hydrazine groups is 1. The third-order valence-corrected chi connectivity index (χ3v) is 7.14. The maximum Gasteiger partial charge on any atom is 0.286 e. The van der Waals surface area contributed by atoms with E-state index >= 15 is 0 Å². The average molecular weight is 483 g/mol. The van der Waals surface area contributed by atoms with Gasteiger partial charge in [0.25, 0.3) is 5.91 Å². The molecule has 1 aliphatic heterocycles. The predicted molar refractivity (Wildman–Crippen MR) is 133 cm³/mol. The van der Waals surface area contributed by atoms with Crippen LogP contribution in [-0.2, 0) is 12.8 Å². The number of halogens is 2. The van der Waals surface area contributed by atoms with E-state index in [2.05, 4.69) is 28.6 Å². The second kappa shape index (κ2) is 9.88. The van der Waals surface area contributed by atoms with E-state index in [1.54, 1.807) is 12.1 Å². The molecule has 33 heavy (non-hydrogen) atoms. The normalized spacial score (nSPS) is 16.8. The highest BCUT2D eigenvalue weighted by Crippen LogP contribution is 2.37. The van der Waals surface area contributed by atoms with Gasteiger partial charge in [-0.15, -0.1) is 0 Å². The molecule has 1 N–H and O–H groups in total. The molecule has 2 aliphatic rings. The van der Waals surface area contributed by atoms with Crippen LogP contribution >= 0.6 is 23.2 Å². The van der Waals surface area contributed by atoms with Crippen molar-refractivity contribution < 1.29 is 4.79 Å². The molecule has 0 saturated carbocycles. The van der Waals surface area contributed by atoms with Gasteiger partial charge in [0.05, 0.1) is 16.4 Å². The first kappa shape index (κ1) is 22.5. The third kappa shape index (κ3) is 4.68. The fourth-order valence-electron chi connectivity index (χ4n) is 4.95. The summed E-state index contributed by atoms with van der Waals surface area (Å²) < 4.78 is 1.83. The van der Waals surface area contributed by atoms with Crippen LogP contribution in [0, 0.1) is 0 Å². The summed E-state index contributed by atoms with van der Waals surface area (Å²) in [5, 5.41) is 7.99. The maximum atomic E-state index is 13.5. The van der Waals surface area contributed by atoms with Gasteiger partial charge in [-0.1, -0.05) is 66.7 Å². The first-order valence-electron chi connectivity index (χ1n) is 11.8. The Bertz CT molecular complexity index is 1170. The Labute approximate surface area is 204 Å². The second-order valence-electron chi connectivity index (χ2n) is 8.89. The molecule has 2 aromatic carbocycles. The molecule has 0 unspecified atom stereocenters. The number of aromatic nitrogens is 2. The summed E-state index contributed by atoms with van der Waals surface area (Å²) in [6.07, 6.45) is 8.62. The van der Waals surface area contributed by atoms with Gasteiger partial charge in [0.2, 0.25) is 0 Å². The number of amides is 1. The average Bonchev–Trinajstić information content (AvgIpc) is 3.04. The van der Waals surface area contributed by atoms with Gasteiger partial charge < -0.3 is 0 Å². The molecule has 3 aromatic rings. The van der Waals surface area contributed by atoms with Crippen molar-refractivity contribution in [1.29, 1.82) is 0 Å². The van der Waals surface area contributed by atoms with Crippen LogP contribution < -0.4 is 5.43 Å². The van der Waals surface area contributed by atoms with Gasteiger partial charge in [0.15, 0.2) is 5.69 Å². The minimum Gasteiger partial charge on any atom is -0.283 e. The van der Waals surface area contributed by atoms with Crippen LogP contribution in [0.4, 0.5) is 0 Å². The van der Waals surface area contributed by atoms with Crippen molar-refractivity contribution in [2.75, 3.05) is 13.1 Å². The van der Waals surface area contributed by atoms with Crippen molar-refractivity contribution in [3.8, 4) is 16.9 Å². The van der Waals surface area contributed by atoms with Gasteiger partial charge in [0, 0.05) is 29.2 Å². The lowest BCUT2D eigenvalue weighted by atomic mass is 10.0. The van der Waals surface area contributed by atoms with E-state index in [1.165, 1.54) is 24.8 Å². The molecule has 1 saturated heterocycles. The first-order valence-corrected chi connectivity index (χ1v) is 12.6. The Hall–Kier alpha value is -2.34. The zero-order valence-corrected chi connectivity index (χ0v) is 20.1. The van der Waals surface area contributed by atoms with Crippen molar-refractivity contribution in [2.24, 2.45) is 0 Å². The highest BCUT2D eigenvalue weighted by Gasteiger charge is 2.29. The van der Waals surface area contributed by atoms with Gasteiger partial charge in [-0.2, -0.15) is 5.10 Å². The molecule has 1 aromatic heterocycles. The molecule has 0 atom stereocenters. The molecule has 172 valence electrons. The number of benzene rings is 2. The largest absolute Gasteiger partial charge is 0.286 e. The highest BCUT2D eigenvalue weighted by atomic mass is 35.5. The maximum absolute atomic E-state index is 13.5. The predicted octanol–water partition coefficient (Wildman–Crippen LogP) is 6.25. The molecule has 1 aliphatic carbocycles. The zero-order chi connectivity index (χ0) is 22.8. The number of carbonyl (C=O) groups is 1. The molecule has 1 amide bonds. The van der Waals surface area contributed by atoms with Crippen LogP contribution in [0.25, 0.3) is 16.9 Å². The monoisotopic (exact) mass is 482 g/mol. The van der Waals surface area contributed by atoms with Crippen LogP contribution in [0.2, 0.25) is 10.0 Å². The molecule has 0 bridgehead atoms. The lowest BCUT2D eigenvalue weighted by molar-refractivity contribution is 0.0765. The molecular weight excluding hydrogens is 455 g/mol. The van der Waals surface area contributed by atoms with Gasteiger partial charge in [0.1, 0.15) is 0 Å².